The molecule has 1 aromatic rings. The Morgan fingerprint density at radius 3 is 2.67 bits per heavy atom. The van der Waals surface area contributed by atoms with Crippen LogP contribution in [0, 0.1) is 0 Å². The Morgan fingerprint density at radius 1 is 1.33 bits per heavy atom. The first-order valence-electron chi connectivity index (χ1n) is 7.61. The third-order valence-corrected chi connectivity index (χ3v) is 4.54. The minimum Gasteiger partial charge on any atom is -0.351 e. The van der Waals surface area contributed by atoms with Crippen LogP contribution in [-0.2, 0) is 20.9 Å². The van der Waals surface area contributed by atoms with Crippen molar-refractivity contribution >= 4 is 35.1 Å². The zero-order chi connectivity index (χ0) is 17.5. The number of hydrogen-bond acceptors (Lipinski definition) is 5. The minimum atomic E-state index is -1.05. The highest BCUT2D eigenvalue weighted by Crippen LogP contribution is 2.32. The molecule has 0 aromatic heterocycles. The van der Waals surface area contributed by atoms with Crippen molar-refractivity contribution in [2.45, 2.75) is 38.4 Å². The van der Waals surface area contributed by atoms with Crippen LogP contribution in [-0.4, -0.2) is 44.4 Å². The second-order valence-electron chi connectivity index (χ2n) is 6.29. The van der Waals surface area contributed by atoms with Gasteiger partial charge < -0.3 is 5.32 Å². The van der Waals surface area contributed by atoms with Gasteiger partial charge in [0.2, 0.25) is 17.7 Å². The Balaban J connectivity index is 1.80. The van der Waals surface area contributed by atoms with Crippen LogP contribution < -0.4 is 10.6 Å². The second kappa shape index (κ2) is 5.95. The Kier molecular flexibility index (Phi) is 4.10. The van der Waals surface area contributed by atoms with Gasteiger partial charge in [-0.15, -0.1) is 0 Å². The van der Waals surface area contributed by atoms with Crippen molar-refractivity contribution in [3.05, 3.63) is 35.9 Å². The predicted molar refractivity (Wildman–Crippen MR) is 90.2 cm³/mol. The molecule has 0 spiro atoms. The first-order valence-corrected chi connectivity index (χ1v) is 8.02. The number of benzene rings is 1. The van der Waals surface area contributed by atoms with E-state index in [9.17, 15) is 14.4 Å². The second-order valence-corrected chi connectivity index (χ2v) is 6.68. The zero-order valence-corrected chi connectivity index (χ0v) is 14.2. The van der Waals surface area contributed by atoms with Gasteiger partial charge in [-0.25, -0.2) is 5.01 Å². The fourth-order valence-corrected chi connectivity index (χ4v) is 3.24. The smallest absolute Gasteiger partial charge is 0.248 e. The summed E-state index contributed by atoms with van der Waals surface area (Å²) in [5, 5.41) is 8.07. The van der Waals surface area contributed by atoms with E-state index in [2.05, 4.69) is 10.6 Å². The Bertz CT molecular complexity index is 719. The molecule has 0 radical (unpaired) electrons. The molecule has 2 heterocycles. The molecule has 0 aliphatic carbocycles. The van der Waals surface area contributed by atoms with E-state index in [0.29, 0.717) is 6.54 Å². The average molecular weight is 346 g/mol. The Morgan fingerprint density at radius 2 is 2.00 bits per heavy atom. The summed E-state index contributed by atoms with van der Waals surface area (Å²) in [6.07, 6.45) is -0.0147. The van der Waals surface area contributed by atoms with E-state index in [1.165, 1.54) is 10.0 Å². The van der Waals surface area contributed by atoms with Crippen molar-refractivity contribution in [1.29, 1.82) is 0 Å². The molecular weight excluding hydrogens is 328 g/mol. The van der Waals surface area contributed by atoms with Crippen LogP contribution in [0.15, 0.2) is 30.3 Å². The van der Waals surface area contributed by atoms with Crippen LogP contribution in [0.25, 0.3) is 0 Å². The molecule has 24 heavy (non-hydrogen) atoms. The largest absolute Gasteiger partial charge is 0.351 e. The van der Waals surface area contributed by atoms with E-state index in [4.69, 9.17) is 12.2 Å². The van der Waals surface area contributed by atoms with E-state index in [1.54, 1.807) is 13.8 Å². The van der Waals surface area contributed by atoms with Crippen molar-refractivity contribution in [3.8, 4) is 0 Å². The molecule has 8 heteroatoms. The molecule has 0 saturated carbocycles. The fraction of sp³-hybridized carbons (Fsp3) is 0.375. The Hall–Kier alpha value is -2.32. The number of nitrogens with zero attached hydrogens (tertiary/aromatic N) is 2. The molecule has 2 saturated heterocycles. The van der Waals surface area contributed by atoms with Crippen molar-refractivity contribution in [2.75, 3.05) is 0 Å². The lowest BCUT2D eigenvalue weighted by molar-refractivity contribution is -0.155. The number of nitrogens with one attached hydrogen (secondary N) is 2. The summed E-state index contributed by atoms with van der Waals surface area (Å²) in [5.41, 5.74) is -0.0957. The van der Waals surface area contributed by atoms with Gasteiger partial charge in [-0.3, -0.25) is 19.7 Å². The van der Waals surface area contributed by atoms with Crippen LogP contribution in [0.5, 0.6) is 0 Å². The molecule has 0 bridgehead atoms. The molecule has 2 aliphatic heterocycles. The van der Waals surface area contributed by atoms with Crippen molar-refractivity contribution in [2.24, 2.45) is 0 Å². The third-order valence-electron chi connectivity index (χ3n) is 4.27. The van der Waals surface area contributed by atoms with Crippen LogP contribution >= 0.6 is 12.2 Å². The number of carbonyl (C=O) groups is 3. The van der Waals surface area contributed by atoms with Gasteiger partial charge in [0, 0.05) is 6.54 Å². The summed E-state index contributed by atoms with van der Waals surface area (Å²) < 4.78 is 0. The van der Waals surface area contributed by atoms with E-state index in [-0.39, 0.29) is 29.3 Å². The first kappa shape index (κ1) is 16.5. The standard InChI is InChI=1S/C16H18N4O3S/c1-16(2)14(23)18-15(24)19-12(21)8-11(20(16)19)13(22)17-9-10-6-4-3-5-7-10/h3-7,11H,8-9H2,1-2H3,(H,17,22)(H,18,23,24). The van der Waals surface area contributed by atoms with Crippen LogP contribution in [0.2, 0.25) is 0 Å². The van der Waals surface area contributed by atoms with E-state index in [1.807, 2.05) is 30.3 Å². The maximum atomic E-state index is 12.6. The van der Waals surface area contributed by atoms with Crippen molar-refractivity contribution < 1.29 is 14.4 Å². The highest BCUT2D eigenvalue weighted by Gasteiger charge is 2.56. The van der Waals surface area contributed by atoms with Gasteiger partial charge in [0.1, 0.15) is 11.6 Å². The topological polar surface area (TPSA) is 81.8 Å². The lowest BCUT2D eigenvalue weighted by Crippen LogP contribution is -2.71. The van der Waals surface area contributed by atoms with Crippen LogP contribution in [0.4, 0.5) is 0 Å². The lowest BCUT2D eigenvalue weighted by atomic mass is 10.00. The number of thiocarbonyl (C=S) groups is 1. The highest BCUT2D eigenvalue weighted by molar-refractivity contribution is 7.80. The zero-order valence-electron chi connectivity index (χ0n) is 13.4. The summed E-state index contributed by atoms with van der Waals surface area (Å²) in [6.45, 7) is 3.68. The fourth-order valence-electron chi connectivity index (χ4n) is 2.96. The van der Waals surface area contributed by atoms with Crippen LogP contribution in [0.3, 0.4) is 0 Å². The number of rotatable bonds is 3. The van der Waals surface area contributed by atoms with E-state index < -0.39 is 11.6 Å². The predicted octanol–water partition coefficient (Wildman–Crippen LogP) is 0.314. The van der Waals surface area contributed by atoms with Gasteiger partial charge in [-0.05, 0) is 31.6 Å². The lowest BCUT2D eigenvalue weighted by Gasteiger charge is -2.45. The van der Waals surface area contributed by atoms with Gasteiger partial charge in [-0.1, -0.05) is 30.3 Å². The summed E-state index contributed by atoms with van der Waals surface area (Å²) in [7, 11) is 0. The number of amides is 3. The van der Waals surface area contributed by atoms with Gasteiger partial charge >= 0.3 is 0 Å². The number of fused-ring (bicyclic) bond motifs is 1. The van der Waals surface area contributed by atoms with Gasteiger partial charge in [0.15, 0.2) is 5.11 Å². The normalized spacial score (nSPS) is 23.0. The third kappa shape index (κ3) is 2.67. The van der Waals surface area contributed by atoms with Crippen molar-refractivity contribution in [3.63, 3.8) is 0 Å². The summed E-state index contributed by atoms with van der Waals surface area (Å²) in [6, 6.07) is 8.71. The first-order chi connectivity index (χ1) is 11.3. The summed E-state index contributed by atoms with van der Waals surface area (Å²) >= 11 is 5.08. The molecule has 3 rings (SSSR count). The summed E-state index contributed by atoms with van der Waals surface area (Å²) in [4.78, 5) is 37.1. The molecule has 1 atom stereocenters. The van der Waals surface area contributed by atoms with E-state index in [0.717, 1.165) is 5.56 Å². The molecule has 7 nitrogen and oxygen atoms in total. The van der Waals surface area contributed by atoms with Gasteiger partial charge in [0.05, 0.1) is 6.42 Å². The molecule has 1 unspecified atom stereocenters. The maximum Gasteiger partial charge on any atom is 0.248 e. The minimum absolute atomic E-state index is 0.0147. The number of hydrazine groups is 1. The van der Waals surface area contributed by atoms with E-state index >= 15 is 0 Å². The molecule has 126 valence electrons. The summed E-state index contributed by atoms with van der Waals surface area (Å²) in [5.74, 6) is -0.937. The number of carbonyl (C=O) groups excluding carboxylic acids is 3. The molecule has 2 aliphatic rings. The molecule has 2 fully saturated rings. The average Bonchev–Trinajstić information content (AvgIpc) is 2.91. The SMILES string of the molecule is CC1(C)C(=O)NC(=S)N2C(=O)CC(C(=O)NCc3ccccc3)N21. The van der Waals surface area contributed by atoms with Crippen molar-refractivity contribution in [1.82, 2.24) is 20.7 Å². The highest BCUT2D eigenvalue weighted by atomic mass is 32.1. The molecule has 3 amide bonds. The molecular formula is C16H18N4O3S. The number of hydrogen-bond donors (Lipinski definition) is 2. The Labute approximate surface area is 145 Å². The molecule has 1 aromatic carbocycles. The maximum absolute atomic E-state index is 12.6. The van der Waals surface area contributed by atoms with Crippen LogP contribution in [0.1, 0.15) is 25.8 Å². The van der Waals surface area contributed by atoms with Gasteiger partial charge in [-0.2, -0.15) is 5.01 Å². The monoisotopic (exact) mass is 346 g/mol. The van der Waals surface area contributed by atoms with Gasteiger partial charge in [0.25, 0.3) is 0 Å². The quantitative estimate of drug-likeness (QED) is 0.770. The molecule has 2 N–H and O–H groups in total.